The summed E-state index contributed by atoms with van der Waals surface area (Å²) in [4.78, 5) is 23.8. The number of aliphatic hydroxyl groups is 1. The summed E-state index contributed by atoms with van der Waals surface area (Å²) in [5.74, 6) is 1.24. The maximum absolute atomic E-state index is 12.0. The van der Waals surface area contributed by atoms with E-state index in [1.54, 1.807) is 32.0 Å². The van der Waals surface area contributed by atoms with Gasteiger partial charge in [0.25, 0.3) is 0 Å². The van der Waals surface area contributed by atoms with Gasteiger partial charge in [-0.25, -0.2) is 0 Å². The fourth-order valence-corrected chi connectivity index (χ4v) is 4.76. The molecule has 0 unspecified atom stereocenters. The van der Waals surface area contributed by atoms with Crippen LogP contribution in [-0.4, -0.2) is 16.7 Å². The lowest BCUT2D eigenvalue weighted by atomic mass is 9.67. The minimum atomic E-state index is -1.11. The Morgan fingerprint density at radius 1 is 0.871 bits per heavy atom. The van der Waals surface area contributed by atoms with E-state index in [1.807, 2.05) is 24.3 Å². The van der Waals surface area contributed by atoms with Crippen molar-refractivity contribution in [2.24, 2.45) is 0 Å². The highest BCUT2D eigenvalue weighted by Crippen LogP contribution is 2.53. The number of Topliss-reactive ketones (excluding diaryl/α,β-unsaturated/α-hetero) is 2. The van der Waals surface area contributed by atoms with Crippen LogP contribution in [0.3, 0.4) is 0 Å². The highest BCUT2D eigenvalue weighted by atomic mass is 16.4. The van der Waals surface area contributed by atoms with E-state index in [9.17, 15) is 14.7 Å². The predicted octanol–water partition coefficient (Wildman–Crippen LogP) is 5.89. The summed E-state index contributed by atoms with van der Waals surface area (Å²) in [7, 11) is 0. The van der Waals surface area contributed by atoms with E-state index in [1.165, 1.54) is 6.92 Å². The second-order valence-electron chi connectivity index (χ2n) is 9.10. The smallest absolute Gasteiger partial charge is 0.159 e. The van der Waals surface area contributed by atoms with E-state index in [0.717, 1.165) is 22.1 Å². The zero-order valence-electron chi connectivity index (χ0n) is 18.0. The molecule has 31 heavy (non-hydrogen) atoms. The summed E-state index contributed by atoms with van der Waals surface area (Å²) in [6, 6.07) is 12.8. The standard InChI is InChI=1S/C26H24O5/c1-14(27)16-5-7-20-18(11-16)13-22(30-20)25(3)9-10-26(4,29)24-23(25)19-12-17(15(2)28)6-8-21(19)31-24/h5-8,11-13,29H,9-10H2,1-4H3/t25-,26-/m0/s1. The Balaban J connectivity index is 1.78. The molecule has 1 N–H and O–H groups in total. The van der Waals surface area contributed by atoms with Crippen LogP contribution in [-0.2, 0) is 11.0 Å². The van der Waals surface area contributed by atoms with Crippen LogP contribution in [0.25, 0.3) is 21.9 Å². The molecule has 5 nitrogen and oxygen atoms in total. The number of hydrogen-bond donors (Lipinski definition) is 1. The summed E-state index contributed by atoms with van der Waals surface area (Å²) < 4.78 is 12.4. The summed E-state index contributed by atoms with van der Waals surface area (Å²) in [5, 5.41) is 12.8. The first kappa shape index (κ1) is 19.8. The van der Waals surface area contributed by atoms with E-state index >= 15 is 0 Å². The number of furan rings is 2. The molecule has 2 aromatic heterocycles. The minimum absolute atomic E-state index is 0.00412. The number of hydrogen-bond acceptors (Lipinski definition) is 5. The molecule has 0 bridgehead atoms. The van der Waals surface area contributed by atoms with Crippen LogP contribution in [0.4, 0.5) is 0 Å². The normalized spacial score (nSPS) is 23.3. The predicted molar refractivity (Wildman–Crippen MR) is 118 cm³/mol. The minimum Gasteiger partial charge on any atom is -0.460 e. The van der Waals surface area contributed by atoms with Crippen molar-refractivity contribution in [3.63, 3.8) is 0 Å². The molecule has 158 valence electrons. The van der Waals surface area contributed by atoms with Gasteiger partial charge in [-0.15, -0.1) is 0 Å². The van der Waals surface area contributed by atoms with Gasteiger partial charge in [-0.3, -0.25) is 9.59 Å². The van der Waals surface area contributed by atoms with E-state index in [0.29, 0.717) is 40.9 Å². The molecule has 0 radical (unpaired) electrons. The summed E-state index contributed by atoms with van der Waals surface area (Å²) >= 11 is 0. The van der Waals surface area contributed by atoms with Gasteiger partial charge in [0, 0.05) is 27.5 Å². The van der Waals surface area contributed by atoms with Crippen LogP contribution in [0, 0.1) is 0 Å². The van der Waals surface area contributed by atoms with Crippen molar-refractivity contribution in [2.75, 3.05) is 0 Å². The van der Waals surface area contributed by atoms with Crippen LogP contribution < -0.4 is 0 Å². The van der Waals surface area contributed by atoms with Crippen molar-refractivity contribution in [2.45, 2.75) is 51.6 Å². The third-order valence-corrected chi connectivity index (χ3v) is 6.71. The zero-order chi connectivity index (χ0) is 22.1. The molecule has 5 heteroatoms. The molecule has 5 rings (SSSR count). The molecule has 2 heterocycles. The molecular weight excluding hydrogens is 392 g/mol. The largest absolute Gasteiger partial charge is 0.460 e. The van der Waals surface area contributed by atoms with E-state index < -0.39 is 11.0 Å². The molecule has 1 aliphatic rings. The van der Waals surface area contributed by atoms with Gasteiger partial charge in [0.05, 0.1) is 5.41 Å². The Kier molecular flexibility index (Phi) is 4.09. The van der Waals surface area contributed by atoms with Crippen LogP contribution in [0.2, 0.25) is 0 Å². The second-order valence-corrected chi connectivity index (χ2v) is 9.10. The number of rotatable bonds is 3. The fraction of sp³-hybridized carbons (Fsp3) is 0.308. The lowest BCUT2D eigenvalue weighted by Gasteiger charge is -2.38. The molecule has 2 atom stereocenters. The van der Waals surface area contributed by atoms with E-state index in [2.05, 4.69) is 6.92 Å². The second kappa shape index (κ2) is 6.41. The Morgan fingerprint density at radius 3 is 2.19 bits per heavy atom. The molecule has 2 aromatic carbocycles. The van der Waals surface area contributed by atoms with Crippen molar-refractivity contribution in [1.29, 1.82) is 0 Å². The molecule has 0 saturated heterocycles. The maximum Gasteiger partial charge on any atom is 0.159 e. The van der Waals surface area contributed by atoms with Crippen LogP contribution in [0.1, 0.15) is 78.3 Å². The summed E-state index contributed by atoms with van der Waals surface area (Å²) in [6.45, 7) is 6.93. The fourth-order valence-electron chi connectivity index (χ4n) is 4.76. The van der Waals surface area contributed by atoms with Crippen LogP contribution in [0.5, 0.6) is 0 Å². The monoisotopic (exact) mass is 416 g/mol. The van der Waals surface area contributed by atoms with Crippen LogP contribution in [0.15, 0.2) is 51.3 Å². The Morgan fingerprint density at radius 2 is 1.52 bits per heavy atom. The van der Waals surface area contributed by atoms with Crippen molar-refractivity contribution < 1.29 is 23.5 Å². The first-order chi connectivity index (χ1) is 14.6. The van der Waals surface area contributed by atoms with Gasteiger partial charge in [-0.1, -0.05) is 0 Å². The van der Waals surface area contributed by atoms with Crippen LogP contribution >= 0.6 is 0 Å². The van der Waals surface area contributed by atoms with Gasteiger partial charge in [-0.05, 0) is 83.0 Å². The first-order valence-electron chi connectivity index (χ1n) is 10.5. The van der Waals surface area contributed by atoms with Crippen molar-refractivity contribution in [3.8, 4) is 0 Å². The van der Waals surface area contributed by atoms with Gasteiger partial charge in [0.1, 0.15) is 28.3 Å². The van der Waals surface area contributed by atoms with Crippen molar-refractivity contribution in [1.82, 2.24) is 0 Å². The molecular formula is C26H24O5. The van der Waals surface area contributed by atoms with Gasteiger partial charge in [-0.2, -0.15) is 0 Å². The Hall–Kier alpha value is -3.18. The highest BCUT2D eigenvalue weighted by Gasteiger charge is 2.48. The van der Waals surface area contributed by atoms with Gasteiger partial charge in [0.2, 0.25) is 0 Å². The van der Waals surface area contributed by atoms with Gasteiger partial charge >= 0.3 is 0 Å². The molecule has 0 spiro atoms. The average Bonchev–Trinajstić information content (AvgIpc) is 3.33. The molecule has 0 saturated carbocycles. The van der Waals surface area contributed by atoms with Crippen molar-refractivity contribution in [3.05, 3.63) is 70.7 Å². The number of ketones is 2. The number of carbonyl (C=O) groups is 2. The third-order valence-electron chi connectivity index (χ3n) is 6.71. The van der Waals surface area contributed by atoms with E-state index in [4.69, 9.17) is 8.83 Å². The summed E-state index contributed by atoms with van der Waals surface area (Å²) in [6.07, 6.45) is 1.15. The molecule has 0 fully saturated rings. The summed E-state index contributed by atoms with van der Waals surface area (Å²) in [5.41, 5.74) is 1.76. The molecule has 4 aromatic rings. The zero-order valence-corrected chi connectivity index (χ0v) is 18.0. The topological polar surface area (TPSA) is 80.7 Å². The Bertz CT molecular complexity index is 1380. The molecule has 1 aliphatic carbocycles. The third kappa shape index (κ3) is 2.87. The average molecular weight is 416 g/mol. The van der Waals surface area contributed by atoms with Gasteiger partial charge in [0.15, 0.2) is 11.6 Å². The highest BCUT2D eigenvalue weighted by molar-refractivity contribution is 5.99. The maximum atomic E-state index is 12.0. The Labute approximate surface area is 179 Å². The SMILES string of the molecule is CC(=O)c1ccc2oc([C@]3(C)CC[C@](C)(O)c4oc5ccc(C(C)=O)cc5c43)cc2c1. The van der Waals surface area contributed by atoms with Gasteiger partial charge < -0.3 is 13.9 Å². The number of benzene rings is 2. The number of fused-ring (bicyclic) bond motifs is 4. The molecule has 0 aliphatic heterocycles. The van der Waals surface area contributed by atoms with E-state index in [-0.39, 0.29) is 11.6 Å². The lowest BCUT2D eigenvalue weighted by Crippen LogP contribution is -2.37. The lowest BCUT2D eigenvalue weighted by molar-refractivity contribution is 0.00742. The quantitative estimate of drug-likeness (QED) is 0.421. The molecule has 0 amide bonds. The number of carbonyl (C=O) groups excluding carboxylic acids is 2. The van der Waals surface area contributed by atoms with Crippen molar-refractivity contribution >= 4 is 33.5 Å². The first-order valence-corrected chi connectivity index (χ1v) is 10.5.